The Morgan fingerprint density at radius 1 is 1.45 bits per heavy atom. The fourth-order valence-electron chi connectivity index (χ4n) is 0.994. The summed E-state index contributed by atoms with van der Waals surface area (Å²) in [5, 5.41) is 4.22. The number of hydrogen-bond acceptors (Lipinski definition) is 3. The second-order valence-corrected chi connectivity index (χ2v) is 2.95. The summed E-state index contributed by atoms with van der Waals surface area (Å²) in [5.41, 5.74) is 0. The molecule has 0 saturated heterocycles. The van der Waals surface area contributed by atoms with Crippen molar-refractivity contribution in [3.8, 4) is 0 Å². The summed E-state index contributed by atoms with van der Waals surface area (Å²) in [6.45, 7) is 4.80. The molecule has 0 unspecified atom stereocenters. The van der Waals surface area contributed by atoms with E-state index in [1.165, 1.54) is 0 Å². The van der Waals surface area contributed by atoms with Gasteiger partial charge in [0.05, 0.1) is 0 Å². The van der Waals surface area contributed by atoms with Crippen molar-refractivity contribution in [1.29, 1.82) is 0 Å². The highest BCUT2D eigenvalue weighted by Crippen LogP contribution is 1.97. The van der Waals surface area contributed by atoms with Crippen molar-refractivity contribution >= 4 is 12.6 Å². The Labute approximate surface area is 72.2 Å². The maximum Gasteiger partial charge on any atom is 0.147 e. The first-order chi connectivity index (χ1) is 5.24. The molecule has 1 rings (SSSR count). The van der Waals surface area contributed by atoms with Gasteiger partial charge in [0.15, 0.2) is 0 Å². The van der Waals surface area contributed by atoms with Crippen molar-refractivity contribution < 1.29 is 0 Å². The second kappa shape index (κ2) is 3.76. The Morgan fingerprint density at radius 2 is 2.18 bits per heavy atom. The Hall–Kier alpha value is -0.510. The van der Waals surface area contributed by atoms with E-state index in [0.717, 1.165) is 30.4 Å². The van der Waals surface area contributed by atoms with Gasteiger partial charge in [-0.15, -0.1) is 0 Å². The van der Waals surface area contributed by atoms with Crippen molar-refractivity contribution in [2.45, 2.75) is 26.8 Å². The molecule has 1 aromatic heterocycles. The van der Waals surface area contributed by atoms with E-state index >= 15 is 0 Å². The van der Waals surface area contributed by atoms with Crippen molar-refractivity contribution in [3.05, 3.63) is 11.6 Å². The molecule has 0 bridgehead atoms. The molecule has 4 heteroatoms. The molecule has 0 amide bonds. The first-order valence-electron chi connectivity index (χ1n) is 3.73. The summed E-state index contributed by atoms with van der Waals surface area (Å²) < 4.78 is 1.92. The molecule has 0 aromatic carbocycles. The van der Waals surface area contributed by atoms with Gasteiger partial charge in [-0.05, 0) is 26.0 Å². The van der Waals surface area contributed by atoms with Crippen LogP contribution in [0.4, 0.5) is 0 Å². The van der Waals surface area contributed by atoms with Gasteiger partial charge in [0.1, 0.15) is 11.6 Å². The van der Waals surface area contributed by atoms with Gasteiger partial charge in [-0.25, -0.2) is 4.98 Å². The van der Waals surface area contributed by atoms with Crippen LogP contribution >= 0.6 is 12.6 Å². The lowest BCUT2D eigenvalue weighted by Crippen LogP contribution is -2.03. The predicted molar refractivity (Wildman–Crippen MR) is 48.0 cm³/mol. The highest BCUT2D eigenvalue weighted by atomic mass is 32.1. The molecule has 1 aromatic rings. The van der Waals surface area contributed by atoms with Gasteiger partial charge in [-0.2, -0.15) is 17.7 Å². The molecular formula is C7H13N3S. The summed E-state index contributed by atoms with van der Waals surface area (Å²) in [6, 6.07) is 0. The minimum Gasteiger partial charge on any atom is -0.250 e. The molecule has 0 aliphatic rings. The van der Waals surface area contributed by atoms with Gasteiger partial charge in [0.25, 0.3) is 0 Å². The third kappa shape index (κ3) is 2.22. The van der Waals surface area contributed by atoms with Gasteiger partial charge in [0, 0.05) is 6.54 Å². The number of aromatic nitrogens is 3. The summed E-state index contributed by atoms with van der Waals surface area (Å²) in [6.07, 6.45) is 1.05. The molecule has 1 heterocycles. The zero-order valence-electron chi connectivity index (χ0n) is 6.91. The monoisotopic (exact) mass is 171 g/mol. The maximum absolute atomic E-state index is 4.22. The van der Waals surface area contributed by atoms with E-state index in [2.05, 4.69) is 22.7 Å². The lowest BCUT2D eigenvalue weighted by molar-refractivity contribution is 0.584. The summed E-state index contributed by atoms with van der Waals surface area (Å²) in [4.78, 5) is 4.19. The molecule has 11 heavy (non-hydrogen) atoms. The average molecular weight is 171 g/mol. The van der Waals surface area contributed by atoms with Crippen LogP contribution in [-0.2, 0) is 6.54 Å². The number of hydrogen-bond donors (Lipinski definition) is 1. The number of rotatable bonds is 3. The fraction of sp³-hybridized carbons (Fsp3) is 0.714. The normalized spacial score (nSPS) is 10.5. The quantitative estimate of drug-likeness (QED) is 0.693. The SMILES string of the molecule is Cc1nc(C)n(CCCS)n1. The Balaban J connectivity index is 2.62. The zero-order valence-corrected chi connectivity index (χ0v) is 7.80. The molecule has 62 valence electrons. The number of aryl methyl sites for hydroxylation is 3. The van der Waals surface area contributed by atoms with Gasteiger partial charge in [0.2, 0.25) is 0 Å². The van der Waals surface area contributed by atoms with Gasteiger partial charge < -0.3 is 0 Å². The standard InChI is InChI=1S/C7H13N3S/c1-6-8-7(2)10(9-6)4-3-5-11/h11H,3-5H2,1-2H3. The Morgan fingerprint density at radius 3 is 2.64 bits per heavy atom. The minimum atomic E-state index is 0.849. The molecule has 3 nitrogen and oxygen atoms in total. The van der Waals surface area contributed by atoms with E-state index in [0.29, 0.717) is 0 Å². The molecular weight excluding hydrogens is 158 g/mol. The second-order valence-electron chi connectivity index (χ2n) is 2.51. The Kier molecular flexibility index (Phi) is 2.93. The van der Waals surface area contributed by atoms with Crippen LogP contribution in [0.15, 0.2) is 0 Å². The first kappa shape index (κ1) is 8.59. The highest BCUT2D eigenvalue weighted by Gasteiger charge is 1.99. The summed E-state index contributed by atoms with van der Waals surface area (Å²) in [7, 11) is 0. The van der Waals surface area contributed by atoms with Crippen LogP contribution in [0.1, 0.15) is 18.1 Å². The van der Waals surface area contributed by atoms with E-state index in [-0.39, 0.29) is 0 Å². The third-order valence-electron chi connectivity index (χ3n) is 1.49. The van der Waals surface area contributed by atoms with Crippen LogP contribution in [0, 0.1) is 13.8 Å². The third-order valence-corrected chi connectivity index (χ3v) is 1.81. The molecule has 0 saturated carbocycles. The zero-order chi connectivity index (χ0) is 8.27. The molecule has 0 N–H and O–H groups in total. The van der Waals surface area contributed by atoms with Crippen molar-refractivity contribution in [3.63, 3.8) is 0 Å². The number of thiol groups is 1. The lowest BCUT2D eigenvalue weighted by Gasteiger charge is -1.98. The molecule has 0 fully saturated rings. The van der Waals surface area contributed by atoms with Crippen LogP contribution in [-0.4, -0.2) is 20.5 Å². The highest BCUT2D eigenvalue weighted by molar-refractivity contribution is 7.80. The maximum atomic E-state index is 4.22. The van der Waals surface area contributed by atoms with E-state index in [4.69, 9.17) is 0 Å². The van der Waals surface area contributed by atoms with Crippen LogP contribution in [0.25, 0.3) is 0 Å². The summed E-state index contributed by atoms with van der Waals surface area (Å²) >= 11 is 4.13. The smallest absolute Gasteiger partial charge is 0.147 e. The largest absolute Gasteiger partial charge is 0.250 e. The fourth-order valence-corrected chi connectivity index (χ4v) is 1.13. The summed E-state index contributed by atoms with van der Waals surface area (Å²) in [5.74, 6) is 2.74. The molecule has 0 spiro atoms. The van der Waals surface area contributed by atoms with E-state index in [1.54, 1.807) is 0 Å². The minimum absolute atomic E-state index is 0.849. The van der Waals surface area contributed by atoms with E-state index in [1.807, 2.05) is 18.5 Å². The van der Waals surface area contributed by atoms with Crippen molar-refractivity contribution in [2.24, 2.45) is 0 Å². The van der Waals surface area contributed by atoms with Gasteiger partial charge >= 0.3 is 0 Å². The van der Waals surface area contributed by atoms with Crippen LogP contribution in [0.5, 0.6) is 0 Å². The predicted octanol–water partition coefficient (Wildman–Crippen LogP) is 1.21. The van der Waals surface area contributed by atoms with Crippen LogP contribution in [0.3, 0.4) is 0 Å². The van der Waals surface area contributed by atoms with Gasteiger partial charge in [-0.1, -0.05) is 0 Å². The van der Waals surface area contributed by atoms with Crippen molar-refractivity contribution in [2.75, 3.05) is 5.75 Å². The van der Waals surface area contributed by atoms with E-state index < -0.39 is 0 Å². The Bertz CT molecular complexity index is 232. The lowest BCUT2D eigenvalue weighted by atomic mass is 10.5. The van der Waals surface area contributed by atoms with Crippen LogP contribution < -0.4 is 0 Å². The van der Waals surface area contributed by atoms with Crippen molar-refractivity contribution in [1.82, 2.24) is 14.8 Å². The average Bonchev–Trinajstić information content (AvgIpc) is 2.26. The molecule has 0 atom stereocenters. The molecule has 0 aliphatic carbocycles. The van der Waals surface area contributed by atoms with Crippen LogP contribution in [0.2, 0.25) is 0 Å². The topological polar surface area (TPSA) is 30.7 Å². The van der Waals surface area contributed by atoms with Gasteiger partial charge in [-0.3, -0.25) is 4.68 Å². The molecule has 0 radical (unpaired) electrons. The molecule has 0 aliphatic heterocycles. The number of nitrogens with zero attached hydrogens (tertiary/aromatic N) is 3. The first-order valence-corrected chi connectivity index (χ1v) is 4.36. The van der Waals surface area contributed by atoms with E-state index in [9.17, 15) is 0 Å².